The van der Waals surface area contributed by atoms with Crippen molar-refractivity contribution in [1.29, 1.82) is 0 Å². The number of morpholine rings is 1. The maximum absolute atomic E-state index is 13.1. The second-order valence-corrected chi connectivity index (χ2v) is 9.04. The molecule has 30 heavy (non-hydrogen) atoms. The maximum atomic E-state index is 13.1. The smallest absolute Gasteiger partial charge is 0.196 e. The molecule has 0 bridgehead atoms. The third kappa shape index (κ3) is 4.27. The Hall–Kier alpha value is -2.63. The molecule has 2 heterocycles. The maximum Gasteiger partial charge on any atom is 0.196 e. The number of hydrogen-bond acceptors (Lipinski definition) is 5. The lowest BCUT2D eigenvalue weighted by molar-refractivity contribution is 0.0339. The molecule has 0 unspecified atom stereocenters. The lowest BCUT2D eigenvalue weighted by atomic mass is 9.86. The van der Waals surface area contributed by atoms with Crippen molar-refractivity contribution in [3.8, 4) is 5.75 Å². The van der Waals surface area contributed by atoms with Crippen LogP contribution in [-0.4, -0.2) is 36.3 Å². The number of phenols is 1. The fraction of sp³-hybridized carbons (Fsp3) is 0.400. The van der Waals surface area contributed by atoms with Crippen LogP contribution >= 0.6 is 0 Å². The van der Waals surface area contributed by atoms with Crippen LogP contribution in [0.3, 0.4) is 0 Å². The molecule has 3 aromatic rings. The molecule has 1 aliphatic rings. The number of ether oxygens (including phenoxy) is 1. The van der Waals surface area contributed by atoms with Gasteiger partial charge >= 0.3 is 0 Å². The number of rotatable bonds is 4. The molecule has 5 heteroatoms. The number of nitrogens with zero attached hydrogens (tertiary/aromatic N) is 1. The zero-order valence-corrected chi connectivity index (χ0v) is 17.9. The second-order valence-electron chi connectivity index (χ2n) is 9.04. The van der Waals surface area contributed by atoms with Gasteiger partial charge in [-0.2, -0.15) is 0 Å². The largest absolute Gasteiger partial charge is 0.507 e. The average Bonchev–Trinajstić information content (AvgIpc) is 2.72. The van der Waals surface area contributed by atoms with Crippen molar-refractivity contribution in [3.05, 3.63) is 75.1 Å². The van der Waals surface area contributed by atoms with Crippen LogP contribution in [0.15, 0.2) is 51.9 Å². The Morgan fingerprint density at radius 2 is 1.73 bits per heavy atom. The highest BCUT2D eigenvalue weighted by Gasteiger charge is 2.19. The van der Waals surface area contributed by atoms with Gasteiger partial charge in [0.15, 0.2) is 5.43 Å². The first-order valence-electron chi connectivity index (χ1n) is 10.5. The third-order valence-electron chi connectivity index (χ3n) is 5.79. The number of benzene rings is 2. The molecule has 0 spiro atoms. The van der Waals surface area contributed by atoms with E-state index in [2.05, 4.69) is 49.9 Å². The van der Waals surface area contributed by atoms with Gasteiger partial charge in [-0.15, -0.1) is 0 Å². The molecule has 5 nitrogen and oxygen atoms in total. The van der Waals surface area contributed by atoms with E-state index in [1.807, 2.05) is 0 Å². The Kier molecular flexibility index (Phi) is 5.67. The van der Waals surface area contributed by atoms with Crippen LogP contribution in [0.1, 0.15) is 43.0 Å². The van der Waals surface area contributed by atoms with Gasteiger partial charge in [-0.25, -0.2) is 0 Å². The quantitative estimate of drug-likeness (QED) is 0.702. The summed E-state index contributed by atoms with van der Waals surface area (Å²) in [4.78, 5) is 15.3. The average molecular weight is 408 g/mol. The van der Waals surface area contributed by atoms with Crippen LogP contribution < -0.4 is 5.43 Å². The van der Waals surface area contributed by atoms with Crippen molar-refractivity contribution in [2.45, 2.75) is 39.2 Å². The number of hydrogen-bond donors (Lipinski definition) is 1. The number of phenolic OH excluding ortho intramolecular Hbond substituents is 1. The zero-order valence-electron chi connectivity index (χ0n) is 17.9. The highest BCUT2D eigenvalue weighted by atomic mass is 16.5. The summed E-state index contributed by atoms with van der Waals surface area (Å²) < 4.78 is 11.3. The fourth-order valence-electron chi connectivity index (χ4n) is 3.89. The molecule has 158 valence electrons. The van der Waals surface area contributed by atoms with Crippen LogP contribution in [0, 0.1) is 0 Å². The summed E-state index contributed by atoms with van der Waals surface area (Å²) in [6.45, 7) is 10.0. The molecular formula is C25H29NO4. The van der Waals surface area contributed by atoms with Crippen molar-refractivity contribution < 1.29 is 14.3 Å². The summed E-state index contributed by atoms with van der Waals surface area (Å²) >= 11 is 0. The zero-order chi connectivity index (χ0) is 21.3. The van der Waals surface area contributed by atoms with Gasteiger partial charge in [-0.3, -0.25) is 9.69 Å². The minimum absolute atomic E-state index is 0.0422. The summed E-state index contributed by atoms with van der Waals surface area (Å²) in [5.41, 5.74) is 4.14. The van der Waals surface area contributed by atoms with Gasteiger partial charge in [-0.1, -0.05) is 45.0 Å². The van der Waals surface area contributed by atoms with E-state index in [1.54, 1.807) is 18.4 Å². The molecule has 1 aliphatic heterocycles. The Morgan fingerprint density at radius 1 is 1.03 bits per heavy atom. The van der Waals surface area contributed by atoms with Crippen molar-refractivity contribution in [2.24, 2.45) is 0 Å². The van der Waals surface area contributed by atoms with Gasteiger partial charge in [0.05, 0.1) is 30.4 Å². The van der Waals surface area contributed by atoms with Crippen molar-refractivity contribution in [1.82, 2.24) is 4.90 Å². The Labute approximate surface area is 176 Å². The molecular weight excluding hydrogens is 378 g/mol. The van der Waals surface area contributed by atoms with Gasteiger partial charge in [0.2, 0.25) is 0 Å². The van der Waals surface area contributed by atoms with Gasteiger partial charge < -0.3 is 14.3 Å². The van der Waals surface area contributed by atoms with Crippen molar-refractivity contribution in [3.63, 3.8) is 0 Å². The predicted octanol–water partition coefficient (Wildman–Crippen LogP) is 4.22. The standard InChI is InChI=1S/C25H29NO4/c1-25(2,3)19-6-4-17(5-7-19)14-18-16-30-24-20(23(18)28)8-9-22(27)21(24)15-26-10-12-29-13-11-26/h4-9,16,27H,10-15H2,1-3H3. The molecule has 1 aromatic heterocycles. The van der Waals surface area contributed by atoms with Gasteiger partial charge in [0, 0.05) is 31.6 Å². The third-order valence-corrected chi connectivity index (χ3v) is 5.79. The van der Waals surface area contributed by atoms with E-state index in [4.69, 9.17) is 9.15 Å². The SMILES string of the molecule is CC(C)(C)c1ccc(Cc2coc3c(CN4CCOCC4)c(O)ccc3c2=O)cc1. The van der Waals surface area contributed by atoms with Crippen LogP contribution in [0.4, 0.5) is 0 Å². The summed E-state index contributed by atoms with van der Waals surface area (Å²) in [5, 5.41) is 10.9. The van der Waals surface area contributed by atoms with E-state index in [-0.39, 0.29) is 16.6 Å². The van der Waals surface area contributed by atoms with Crippen molar-refractivity contribution >= 4 is 11.0 Å². The molecule has 0 aliphatic carbocycles. The van der Waals surface area contributed by atoms with Crippen LogP contribution in [-0.2, 0) is 23.1 Å². The Bertz CT molecular complexity index is 1090. The number of fused-ring (bicyclic) bond motifs is 1. The molecule has 4 rings (SSSR count). The molecule has 0 amide bonds. The predicted molar refractivity (Wildman–Crippen MR) is 118 cm³/mol. The molecule has 0 saturated carbocycles. The summed E-state index contributed by atoms with van der Waals surface area (Å²) in [6.07, 6.45) is 2.06. The van der Waals surface area contributed by atoms with E-state index in [0.29, 0.717) is 48.3 Å². The van der Waals surface area contributed by atoms with E-state index < -0.39 is 0 Å². The lowest BCUT2D eigenvalue weighted by Crippen LogP contribution is -2.35. The van der Waals surface area contributed by atoms with E-state index in [1.165, 1.54) is 5.56 Å². The first kappa shape index (κ1) is 20.6. The highest BCUT2D eigenvalue weighted by molar-refractivity contribution is 5.82. The van der Waals surface area contributed by atoms with E-state index in [9.17, 15) is 9.90 Å². The molecule has 2 aromatic carbocycles. The molecule has 1 N–H and O–H groups in total. The van der Waals surface area contributed by atoms with Gasteiger partial charge in [0.25, 0.3) is 0 Å². The van der Waals surface area contributed by atoms with Crippen LogP contribution in [0.5, 0.6) is 5.75 Å². The van der Waals surface area contributed by atoms with E-state index in [0.717, 1.165) is 18.7 Å². The molecule has 1 fully saturated rings. The Morgan fingerprint density at radius 3 is 2.40 bits per heavy atom. The first-order chi connectivity index (χ1) is 14.3. The molecule has 0 radical (unpaired) electrons. The lowest BCUT2D eigenvalue weighted by Gasteiger charge is -2.27. The van der Waals surface area contributed by atoms with Gasteiger partial charge in [0.1, 0.15) is 11.3 Å². The minimum Gasteiger partial charge on any atom is -0.507 e. The topological polar surface area (TPSA) is 62.9 Å². The first-order valence-corrected chi connectivity index (χ1v) is 10.5. The summed E-state index contributed by atoms with van der Waals surface area (Å²) in [7, 11) is 0. The van der Waals surface area contributed by atoms with Crippen molar-refractivity contribution in [2.75, 3.05) is 26.3 Å². The van der Waals surface area contributed by atoms with Gasteiger partial charge in [-0.05, 0) is 28.7 Å². The molecule has 1 saturated heterocycles. The molecule has 0 atom stereocenters. The Balaban J connectivity index is 1.64. The summed E-state index contributed by atoms with van der Waals surface area (Å²) in [5.74, 6) is 0.155. The second kappa shape index (κ2) is 8.25. The van der Waals surface area contributed by atoms with Crippen LogP contribution in [0.25, 0.3) is 11.0 Å². The number of aromatic hydroxyl groups is 1. The fourth-order valence-corrected chi connectivity index (χ4v) is 3.89. The van der Waals surface area contributed by atoms with E-state index >= 15 is 0 Å². The minimum atomic E-state index is -0.0422. The monoisotopic (exact) mass is 407 g/mol. The normalized spacial score (nSPS) is 15.6. The highest BCUT2D eigenvalue weighted by Crippen LogP contribution is 2.28. The van der Waals surface area contributed by atoms with Crippen LogP contribution in [0.2, 0.25) is 0 Å². The summed E-state index contributed by atoms with van der Waals surface area (Å²) in [6, 6.07) is 11.6.